The maximum Gasteiger partial charge on any atom is 0.410 e. The van der Waals surface area contributed by atoms with Crippen LogP contribution in [0.1, 0.15) is 18.4 Å². The van der Waals surface area contributed by atoms with Crippen LogP contribution in [0, 0.1) is 0 Å². The number of ether oxygens (including phenoxy) is 3. The van der Waals surface area contributed by atoms with Gasteiger partial charge in [0.2, 0.25) is 5.91 Å². The van der Waals surface area contributed by atoms with Crippen molar-refractivity contribution in [1.29, 1.82) is 0 Å². The van der Waals surface area contributed by atoms with Crippen LogP contribution >= 0.6 is 11.3 Å². The Morgan fingerprint density at radius 3 is 2.67 bits per heavy atom. The molecule has 1 N–H and O–H groups in total. The molecule has 4 rings (SSSR count). The summed E-state index contributed by atoms with van der Waals surface area (Å²) in [7, 11) is 3.16. The summed E-state index contributed by atoms with van der Waals surface area (Å²) >= 11 is 1.32. The van der Waals surface area contributed by atoms with Gasteiger partial charge < -0.3 is 19.5 Å². The van der Waals surface area contributed by atoms with Crippen molar-refractivity contribution in [3.8, 4) is 22.8 Å². The molecule has 3 aromatic rings. The molecule has 2 heterocycles. The van der Waals surface area contributed by atoms with Crippen LogP contribution in [0.5, 0.6) is 11.5 Å². The Morgan fingerprint density at radius 2 is 1.91 bits per heavy atom. The number of hydrogen-bond donors (Lipinski definition) is 1. The first-order chi connectivity index (χ1) is 16.1. The number of amides is 2. The van der Waals surface area contributed by atoms with Crippen LogP contribution in [-0.4, -0.2) is 48.7 Å². The van der Waals surface area contributed by atoms with Crippen molar-refractivity contribution in [2.45, 2.75) is 25.5 Å². The second-order valence-corrected chi connectivity index (χ2v) is 8.35. The molecule has 1 saturated heterocycles. The smallest absolute Gasteiger partial charge is 0.410 e. The van der Waals surface area contributed by atoms with Gasteiger partial charge in [0.05, 0.1) is 19.9 Å². The Kier molecular flexibility index (Phi) is 7.09. The van der Waals surface area contributed by atoms with Crippen molar-refractivity contribution in [3.63, 3.8) is 0 Å². The van der Waals surface area contributed by atoms with Gasteiger partial charge in [0.25, 0.3) is 0 Å². The monoisotopic (exact) mass is 467 g/mol. The summed E-state index contributed by atoms with van der Waals surface area (Å²) in [5, 5.41) is 5.17. The number of anilines is 1. The zero-order valence-electron chi connectivity index (χ0n) is 18.4. The van der Waals surface area contributed by atoms with E-state index in [9.17, 15) is 9.59 Å². The molecule has 1 aromatic heterocycles. The van der Waals surface area contributed by atoms with E-state index in [1.807, 2.05) is 53.9 Å². The zero-order chi connectivity index (χ0) is 23.2. The first kappa shape index (κ1) is 22.6. The standard InChI is InChI=1S/C24H25N3O5S/c1-30-20-11-10-17(13-21(20)31-2)18-15-33-23(25-18)26-22(28)19-9-6-12-27(19)24(29)32-14-16-7-4-3-5-8-16/h3-5,7-8,10-11,13,15,19H,6,9,12,14H2,1-2H3,(H,25,26,28)/t19-/m0/s1. The zero-order valence-corrected chi connectivity index (χ0v) is 19.3. The second-order valence-electron chi connectivity index (χ2n) is 7.49. The van der Waals surface area contributed by atoms with Gasteiger partial charge in [-0.1, -0.05) is 30.3 Å². The minimum atomic E-state index is -0.582. The number of nitrogens with one attached hydrogen (secondary N) is 1. The van der Waals surface area contributed by atoms with Gasteiger partial charge in [0.15, 0.2) is 16.6 Å². The Labute approximate surface area is 196 Å². The van der Waals surface area contributed by atoms with E-state index < -0.39 is 12.1 Å². The molecule has 172 valence electrons. The number of nitrogens with zero attached hydrogens (tertiary/aromatic N) is 2. The summed E-state index contributed by atoms with van der Waals surface area (Å²) in [6, 6.07) is 14.4. The van der Waals surface area contributed by atoms with Crippen LogP contribution in [0.25, 0.3) is 11.3 Å². The molecule has 2 amide bonds. The van der Waals surface area contributed by atoms with Gasteiger partial charge in [-0.3, -0.25) is 9.69 Å². The highest BCUT2D eigenvalue weighted by Crippen LogP contribution is 2.33. The van der Waals surface area contributed by atoms with Crippen molar-refractivity contribution in [2.24, 2.45) is 0 Å². The summed E-state index contributed by atoms with van der Waals surface area (Å²) in [6.07, 6.45) is 0.842. The number of likely N-dealkylation sites (tertiary alicyclic amines) is 1. The lowest BCUT2D eigenvalue weighted by atomic mass is 10.1. The topological polar surface area (TPSA) is 90.0 Å². The first-order valence-electron chi connectivity index (χ1n) is 10.5. The van der Waals surface area contributed by atoms with Crippen molar-refractivity contribution >= 4 is 28.5 Å². The van der Waals surface area contributed by atoms with Gasteiger partial charge >= 0.3 is 6.09 Å². The summed E-state index contributed by atoms with van der Waals surface area (Å²) < 4.78 is 16.0. The van der Waals surface area contributed by atoms with E-state index in [1.165, 1.54) is 16.2 Å². The van der Waals surface area contributed by atoms with Crippen LogP contribution in [-0.2, 0) is 16.1 Å². The fourth-order valence-corrected chi connectivity index (χ4v) is 4.43. The minimum absolute atomic E-state index is 0.172. The number of carbonyl (C=O) groups is 2. The third-order valence-electron chi connectivity index (χ3n) is 5.41. The van der Waals surface area contributed by atoms with E-state index in [2.05, 4.69) is 10.3 Å². The Bertz CT molecular complexity index is 1120. The molecule has 0 spiro atoms. The van der Waals surface area contributed by atoms with E-state index in [0.29, 0.717) is 35.3 Å². The highest BCUT2D eigenvalue weighted by molar-refractivity contribution is 7.14. The van der Waals surface area contributed by atoms with Crippen molar-refractivity contribution in [3.05, 3.63) is 59.5 Å². The molecule has 2 aromatic carbocycles. The number of rotatable bonds is 7. The van der Waals surface area contributed by atoms with Crippen LogP contribution in [0.3, 0.4) is 0 Å². The maximum atomic E-state index is 12.9. The molecule has 1 aliphatic rings. The molecule has 9 heteroatoms. The molecule has 0 aliphatic carbocycles. The molecule has 1 fully saturated rings. The molecular weight excluding hydrogens is 442 g/mol. The number of methoxy groups -OCH3 is 2. The van der Waals surface area contributed by atoms with Gasteiger partial charge in [-0.2, -0.15) is 0 Å². The van der Waals surface area contributed by atoms with Gasteiger partial charge in [-0.15, -0.1) is 11.3 Å². The molecular formula is C24H25N3O5S. The van der Waals surface area contributed by atoms with Gasteiger partial charge in [0, 0.05) is 17.5 Å². The minimum Gasteiger partial charge on any atom is -0.493 e. The molecule has 33 heavy (non-hydrogen) atoms. The van der Waals surface area contributed by atoms with Gasteiger partial charge in [-0.25, -0.2) is 9.78 Å². The van der Waals surface area contributed by atoms with E-state index in [4.69, 9.17) is 14.2 Å². The third-order valence-corrected chi connectivity index (χ3v) is 6.17. The van der Waals surface area contributed by atoms with Crippen LogP contribution in [0.4, 0.5) is 9.93 Å². The van der Waals surface area contributed by atoms with E-state index in [1.54, 1.807) is 14.2 Å². The number of benzene rings is 2. The van der Waals surface area contributed by atoms with E-state index >= 15 is 0 Å². The van der Waals surface area contributed by atoms with Crippen molar-refractivity contribution in [1.82, 2.24) is 9.88 Å². The van der Waals surface area contributed by atoms with Crippen molar-refractivity contribution in [2.75, 3.05) is 26.1 Å². The average Bonchev–Trinajstić information content (AvgIpc) is 3.53. The lowest BCUT2D eigenvalue weighted by Gasteiger charge is -2.22. The molecule has 1 atom stereocenters. The summed E-state index contributed by atoms with van der Waals surface area (Å²) in [5.74, 6) is 0.965. The van der Waals surface area contributed by atoms with Gasteiger partial charge in [-0.05, 0) is 36.6 Å². The van der Waals surface area contributed by atoms with Crippen LogP contribution < -0.4 is 14.8 Å². The second kappa shape index (κ2) is 10.4. The van der Waals surface area contributed by atoms with Crippen molar-refractivity contribution < 1.29 is 23.8 Å². The summed E-state index contributed by atoms with van der Waals surface area (Å²) in [4.78, 5) is 31.5. The third kappa shape index (κ3) is 5.25. The summed E-state index contributed by atoms with van der Waals surface area (Å²) in [5.41, 5.74) is 2.45. The molecule has 0 unspecified atom stereocenters. The molecule has 0 bridgehead atoms. The normalized spacial score (nSPS) is 15.2. The number of carbonyl (C=O) groups excluding carboxylic acids is 2. The van der Waals surface area contributed by atoms with E-state index in [-0.39, 0.29) is 12.5 Å². The Morgan fingerprint density at radius 1 is 1.12 bits per heavy atom. The molecule has 0 radical (unpaired) electrons. The largest absolute Gasteiger partial charge is 0.493 e. The fourth-order valence-electron chi connectivity index (χ4n) is 3.71. The fraction of sp³-hybridized carbons (Fsp3) is 0.292. The molecule has 8 nitrogen and oxygen atoms in total. The van der Waals surface area contributed by atoms with Crippen LogP contribution in [0.2, 0.25) is 0 Å². The molecule has 1 aliphatic heterocycles. The number of hydrogen-bond acceptors (Lipinski definition) is 7. The maximum absolute atomic E-state index is 12.9. The predicted molar refractivity (Wildman–Crippen MR) is 126 cm³/mol. The predicted octanol–water partition coefficient (Wildman–Crippen LogP) is 4.57. The Balaban J connectivity index is 1.39. The first-order valence-corrected chi connectivity index (χ1v) is 11.4. The van der Waals surface area contributed by atoms with Gasteiger partial charge in [0.1, 0.15) is 12.6 Å². The Hall–Kier alpha value is -3.59. The van der Waals surface area contributed by atoms with Crippen LogP contribution in [0.15, 0.2) is 53.9 Å². The SMILES string of the molecule is COc1ccc(-c2csc(NC(=O)[C@@H]3CCCN3C(=O)OCc3ccccc3)n2)cc1OC. The lowest BCUT2D eigenvalue weighted by Crippen LogP contribution is -2.43. The van der Waals surface area contributed by atoms with E-state index in [0.717, 1.165) is 17.5 Å². The average molecular weight is 468 g/mol. The quantitative estimate of drug-likeness (QED) is 0.548. The number of thiazole rings is 1. The molecule has 0 saturated carbocycles. The number of aromatic nitrogens is 1. The lowest BCUT2D eigenvalue weighted by molar-refractivity contribution is -0.120. The highest BCUT2D eigenvalue weighted by Gasteiger charge is 2.35. The summed E-state index contributed by atoms with van der Waals surface area (Å²) in [6.45, 7) is 0.659. The highest BCUT2D eigenvalue weighted by atomic mass is 32.1.